The zero-order valence-electron chi connectivity index (χ0n) is 31.4. The Bertz CT molecular complexity index is 2400. The SMILES string of the molecule is O=C1C(=Nc2cc3c4nn(C(=O)OCc5ccccc5)nc4c4cc(N=C5C(=O)C6CC7CCCCC7CC6C5=O)sc4c3s2)C(=O)C2CC3CCCCC3CC12. The van der Waals surface area contributed by atoms with Crippen LogP contribution in [0.5, 0.6) is 0 Å². The van der Waals surface area contributed by atoms with E-state index in [2.05, 4.69) is 10.2 Å². The molecule has 290 valence electrons. The van der Waals surface area contributed by atoms with Gasteiger partial charge in [0.05, 0.1) is 9.40 Å². The van der Waals surface area contributed by atoms with Crippen LogP contribution in [-0.4, -0.2) is 55.6 Å². The van der Waals surface area contributed by atoms with E-state index in [1.54, 1.807) is 0 Å². The second-order valence-corrected chi connectivity index (χ2v) is 19.3. The van der Waals surface area contributed by atoms with Crippen LogP contribution < -0.4 is 0 Å². The van der Waals surface area contributed by atoms with Gasteiger partial charge in [0.25, 0.3) is 0 Å². The number of nitrogens with zero attached hydrogens (tertiary/aromatic N) is 5. The molecule has 3 aromatic heterocycles. The van der Waals surface area contributed by atoms with E-state index in [9.17, 15) is 24.0 Å². The molecule has 6 aliphatic rings. The van der Waals surface area contributed by atoms with E-state index in [1.165, 1.54) is 48.4 Å². The molecule has 8 atom stereocenters. The molecule has 0 aliphatic heterocycles. The van der Waals surface area contributed by atoms with Crippen LogP contribution in [0, 0.1) is 47.3 Å². The van der Waals surface area contributed by atoms with Gasteiger partial charge in [-0.15, -0.1) is 32.9 Å². The molecule has 2 aromatic carbocycles. The third-order valence-corrected chi connectivity index (χ3v) is 16.4. The first kappa shape index (κ1) is 35.4. The lowest BCUT2D eigenvalue weighted by molar-refractivity contribution is -0.123. The molecule has 6 aliphatic carbocycles. The smallest absolute Gasteiger partial charge is 0.442 e. The Labute approximate surface area is 336 Å². The van der Waals surface area contributed by atoms with Gasteiger partial charge in [-0.1, -0.05) is 86.5 Å². The second kappa shape index (κ2) is 13.7. The van der Waals surface area contributed by atoms with E-state index < -0.39 is 6.09 Å². The third-order valence-electron chi connectivity index (χ3n) is 14.2. The van der Waals surface area contributed by atoms with Gasteiger partial charge in [-0.05, 0) is 67.1 Å². The van der Waals surface area contributed by atoms with E-state index in [1.807, 2.05) is 42.5 Å². The van der Waals surface area contributed by atoms with Crippen LogP contribution in [0.2, 0.25) is 0 Å². The first-order chi connectivity index (χ1) is 27.8. The topological polar surface area (TPSA) is 150 Å². The Morgan fingerprint density at radius 1 is 0.632 bits per heavy atom. The number of hydrogen-bond acceptors (Lipinski definition) is 12. The molecule has 0 spiro atoms. The van der Waals surface area contributed by atoms with E-state index in [-0.39, 0.29) is 64.8 Å². The number of carbonyl (C=O) groups excluding carboxylic acids is 5. The van der Waals surface area contributed by atoms with Crippen LogP contribution in [0.15, 0.2) is 52.4 Å². The zero-order chi connectivity index (χ0) is 38.5. The Hall–Kier alpha value is -4.75. The molecule has 0 saturated heterocycles. The van der Waals surface area contributed by atoms with E-state index in [0.29, 0.717) is 55.5 Å². The number of aliphatic imine (C=N–C) groups is 2. The van der Waals surface area contributed by atoms with Crippen molar-refractivity contribution in [1.82, 2.24) is 15.0 Å². The predicted octanol–water partition coefficient (Wildman–Crippen LogP) is 9.16. The standard InChI is InChI=1S/C44H41N5O6S2/c50-38-26-14-22-10-4-5-11-23(22)15-27(26)39(51)36(38)45-32-18-30-34-35(48-49(47-34)44(54)55-20-21-8-2-1-3-9-21)31-19-33(57-43(31)42(30)56-32)46-37-40(52)28-16-24-12-6-7-13-25(24)17-29(28)41(37)53/h1-3,8-9,18-19,22-29H,4-7,10-17,20H2. The number of fused-ring (bicyclic) bond motifs is 10. The maximum atomic E-state index is 13.8. The molecule has 0 N–H and O–H groups in total. The summed E-state index contributed by atoms with van der Waals surface area (Å²) in [6.07, 6.45) is 11.6. The maximum Gasteiger partial charge on any atom is 0.452 e. The Balaban J connectivity index is 0.987. The second-order valence-electron chi connectivity index (χ2n) is 17.2. The number of benzene rings is 2. The van der Waals surface area contributed by atoms with Crippen molar-refractivity contribution >= 4 is 105 Å². The van der Waals surface area contributed by atoms with E-state index in [0.717, 1.165) is 71.1 Å². The van der Waals surface area contributed by atoms with Crippen LogP contribution in [0.3, 0.4) is 0 Å². The molecule has 5 aromatic rings. The van der Waals surface area contributed by atoms with Crippen molar-refractivity contribution in [3.63, 3.8) is 0 Å². The molecule has 8 unspecified atom stereocenters. The number of ketones is 4. The fourth-order valence-electron chi connectivity index (χ4n) is 11.4. The summed E-state index contributed by atoms with van der Waals surface area (Å²) in [6.45, 7) is 0.0413. The van der Waals surface area contributed by atoms with Gasteiger partial charge in [-0.25, -0.2) is 14.8 Å². The summed E-state index contributed by atoms with van der Waals surface area (Å²) in [4.78, 5) is 79.1. The summed E-state index contributed by atoms with van der Waals surface area (Å²) in [6, 6.07) is 13.0. The number of thiophene rings is 2. The molecular formula is C44H41N5O6S2. The van der Waals surface area contributed by atoms with Gasteiger partial charge in [0, 0.05) is 34.4 Å². The molecule has 57 heavy (non-hydrogen) atoms. The van der Waals surface area contributed by atoms with Gasteiger partial charge in [0.1, 0.15) is 27.6 Å². The maximum absolute atomic E-state index is 13.8. The third kappa shape index (κ3) is 5.81. The predicted molar refractivity (Wildman–Crippen MR) is 218 cm³/mol. The van der Waals surface area contributed by atoms with Gasteiger partial charge in [0.2, 0.25) is 0 Å². The Kier molecular flexibility index (Phi) is 8.50. The molecule has 3 heterocycles. The highest BCUT2D eigenvalue weighted by Gasteiger charge is 2.53. The average molecular weight is 800 g/mol. The minimum Gasteiger partial charge on any atom is -0.442 e. The molecule has 6 saturated carbocycles. The highest BCUT2D eigenvalue weighted by Crippen LogP contribution is 2.52. The lowest BCUT2D eigenvalue weighted by Crippen LogP contribution is -2.35. The number of Topliss-reactive ketones (excluding diaryl/α,β-unsaturated/α-hetero) is 4. The van der Waals surface area contributed by atoms with Gasteiger partial charge in [-0.2, -0.15) is 0 Å². The van der Waals surface area contributed by atoms with Crippen molar-refractivity contribution < 1.29 is 28.7 Å². The van der Waals surface area contributed by atoms with Crippen LogP contribution >= 0.6 is 22.7 Å². The fraction of sp³-hybridized carbons (Fsp3) is 0.477. The minimum atomic E-state index is -0.751. The number of hydrogen-bond donors (Lipinski definition) is 0. The van der Waals surface area contributed by atoms with E-state index >= 15 is 0 Å². The largest absolute Gasteiger partial charge is 0.452 e. The number of ether oxygens (including phenoxy) is 1. The Morgan fingerprint density at radius 3 is 1.44 bits per heavy atom. The van der Waals surface area contributed by atoms with Crippen LogP contribution in [-0.2, 0) is 30.5 Å². The summed E-state index contributed by atoms with van der Waals surface area (Å²) in [5.74, 6) is 0.261. The molecule has 0 bridgehead atoms. The van der Waals surface area contributed by atoms with Gasteiger partial charge in [0.15, 0.2) is 34.6 Å². The summed E-state index contributed by atoms with van der Waals surface area (Å²) < 4.78 is 7.13. The highest BCUT2D eigenvalue weighted by atomic mass is 32.1. The molecule has 0 amide bonds. The molecule has 11 nitrogen and oxygen atoms in total. The molecule has 13 heteroatoms. The number of aromatic nitrogens is 3. The quantitative estimate of drug-likeness (QED) is 0.175. The molecule has 11 rings (SSSR count). The van der Waals surface area contributed by atoms with Crippen LogP contribution in [0.25, 0.3) is 31.2 Å². The molecular weight excluding hydrogens is 759 g/mol. The first-order valence-electron chi connectivity index (χ1n) is 20.6. The lowest BCUT2D eigenvalue weighted by Gasteiger charge is -2.39. The first-order valence-corrected chi connectivity index (χ1v) is 22.2. The Morgan fingerprint density at radius 2 is 1.04 bits per heavy atom. The summed E-state index contributed by atoms with van der Waals surface area (Å²) >= 11 is 2.68. The van der Waals surface area contributed by atoms with Gasteiger partial charge in [-0.3, -0.25) is 19.2 Å². The van der Waals surface area contributed by atoms with Gasteiger partial charge >= 0.3 is 6.09 Å². The highest BCUT2D eigenvalue weighted by molar-refractivity contribution is 7.30. The van der Waals surface area contributed by atoms with Crippen molar-refractivity contribution in [3.8, 4) is 0 Å². The van der Waals surface area contributed by atoms with Crippen LogP contribution in [0.4, 0.5) is 14.8 Å². The molecule has 6 fully saturated rings. The number of carbonyl (C=O) groups is 5. The van der Waals surface area contributed by atoms with Crippen molar-refractivity contribution in [2.75, 3.05) is 0 Å². The van der Waals surface area contributed by atoms with Crippen molar-refractivity contribution in [1.29, 1.82) is 0 Å². The number of rotatable bonds is 4. The summed E-state index contributed by atoms with van der Waals surface area (Å²) in [5.41, 5.74) is 1.75. The van der Waals surface area contributed by atoms with Crippen molar-refractivity contribution in [2.24, 2.45) is 57.3 Å². The lowest BCUT2D eigenvalue weighted by atomic mass is 9.64. The van der Waals surface area contributed by atoms with Crippen molar-refractivity contribution in [3.05, 3.63) is 48.0 Å². The normalized spacial score (nSPS) is 29.8. The summed E-state index contributed by atoms with van der Waals surface area (Å²) in [5, 5.41) is 11.5. The minimum absolute atomic E-state index is 0.0358. The van der Waals surface area contributed by atoms with Crippen molar-refractivity contribution in [2.45, 2.75) is 83.7 Å². The van der Waals surface area contributed by atoms with Gasteiger partial charge < -0.3 is 4.74 Å². The molecule has 0 radical (unpaired) electrons. The fourth-order valence-corrected chi connectivity index (χ4v) is 13.6. The van der Waals surface area contributed by atoms with Crippen LogP contribution in [0.1, 0.15) is 82.6 Å². The monoisotopic (exact) mass is 799 g/mol. The summed E-state index contributed by atoms with van der Waals surface area (Å²) in [7, 11) is 0. The zero-order valence-corrected chi connectivity index (χ0v) is 33.0. The average Bonchev–Trinajstić information content (AvgIpc) is 4.05. The van der Waals surface area contributed by atoms with E-state index in [4.69, 9.17) is 14.7 Å².